The Bertz CT molecular complexity index is 1810. The van der Waals surface area contributed by atoms with Crippen molar-refractivity contribution in [2.24, 2.45) is 0 Å². The first-order valence-corrected chi connectivity index (χ1v) is 13.2. The van der Waals surface area contributed by atoms with E-state index in [1.807, 2.05) is 0 Å². The Hall–Kier alpha value is -4.96. The number of aliphatic carboxylic acids is 1. The monoisotopic (exact) mass is 608 g/mol. The summed E-state index contributed by atoms with van der Waals surface area (Å²) in [5.74, 6) is -1.89. The van der Waals surface area contributed by atoms with Crippen LogP contribution in [0.3, 0.4) is 0 Å². The average Bonchev–Trinajstić information content (AvgIpc) is 2.97. The van der Waals surface area contributed by atoms with Gasteiger partial charge in [0, 0.05) is 23.0 Å². The Morgan fingerprint density at radius 2 is 1.53 bits per heavy atom. The molecule has 43 heavy (non-hydrogen) atoms. The van der Waals surface area contributed by atoms with E-state index < -0.39 is 29.7 Å². The number of aromatic nitrogens is 1. The number of alkyl halides is 3. The lowest BCUT2D eigenvalue weighted by molar-refractivity contribution is -0.139. The molecule has 11 heteroatoms. The van der Waals surface area contributed by atoms with Gasteiger partial charge in [0.15, 0.2) is 0 Å². The second-order valence-corrected chi connectivity index (χ2v) is 9.99. The molecule has 0 bridgehead atoms. The van der Waals surface area contributed by atoms with Gasteiger partial charge in [-0.3, -0.25) is 9.78 Å². The molecule has 1 amide bonds. The zero-order valence-corrected chi connectivity index (χ0v) is 22.8. The molecular formula is C32H21ClF4N2O4. The van der Waals surface area contributed by atoms with E-state index in [-0.39, 0.29) is 28.7 Å². The minimum atomic E-state index is -4.47. The second kappa shape index (κ2) is 12.1. The molecule has 5 rings (SSSR count). The van der Waals surface area contributed by atoms with Gasteiger partial charge >= 0.3 is 12.1 Å². The van der Waals surface area contributed by atoms with Crippen molar-refractivity contribution in [2.45, 2.75) is 18.6 Å². The van der Waals surface area contributed by atoms with E-state index in [4.69, 9.17) is 16.3 Å². The number of rotatable bonds is 8. The lowest BCUT2D eigenvalue weighted by Crippen LogP contribution is -2.42. The Morgan fingerprint density at radius 1 is 0.860 bits per heavy atom. The van der Waals surface area contributed by atoms with Crippen molar-refractivity contribution in [1.29, 1.82) is 0 Å². The normalized spacial score (nSPS) is 12.1. The molecule has 4 aromatic carbocycles. The van der Waals surface area contributed by atoms with Gasteiger partial charge in [0.25, 0.3) is 5.91 Å². The van der Waals surface area contributed by atoms with Crippen molar-refractivity contribution in [3.05, 3.63) is 125 Å². The fourth-order valence-corrected chi connectivity index (χ4v) is 4.60. The summed E-state index contributed by atoms with van der Waals surface area (Å²) in [6, 6.07) is 20.1. The maximum atomic E-state index is 13.3. The largest absolute Gasteiger partial charge is 0.480 e. The van der Waals surface area contributed by atoms with Crippen LogP contribution in [0.25, 0.3) is 21.9 Å². The lowest BCUT2D eigenvalue weighted by atomic mass is 10.00. The van der Waals surface area contributed by atoms with Crippen molar-refractivity contribution in [2.75, 3.05) is 0 Å². The third-order valence-electron chi connectivity index (χ3n) is 6.60. The van der Waals surface area contributed by atoms with E-state index >= 15 is 0 Å². The number of hydrogen-bond acceptors (Lipinski definition) is 4. The topological polar surface area (TPSA) is 88.5 Å². The molecule has 0 saturated heterocycles. The molecule has 1 atom stereocenters. The molecule has 0 aliphatic carbocycles. The molecule has 0 aliphatic rings. The summed E-state index contributed by atoms with van der Waals surface area (Å²) in [4.78, 5) is 29.2. The molecule has 0 fully saturated rings. The Balaban J connectivity index is 1.30. The van der Waals surface area contributed by atoms with Gasteiger partial charge in [-0.1, -0.05) is 35.9 Å². The van der Waals surface area contributed by atoms with Gasteiger partial charge in [0.05, 0.1) is 5.56 Å². The Morgan fingerprint density at radius 3 is 2.19 bits per heavy atom. The summed E-state index contributed by atoms with van der Waals surface area (Å²) in [6.07, 6.45) is -3.14. The molecule has 218 valence electrons. The van der Waals surface area contributed by atoms with Gasteiger partial charge in [-0.25, -0.2) is 9.18 Å². The predicted molar refractivity (Wildman–Crippen MR) is 153 cm³/mol. The number of nitrogens with one attached hydrogen (secondary N) is 1. The number of carbonyl (C=O) groups excluding carboxylic acids is 1. The highest BCUT2D eigenvalue weighted by atomic mass is 35.5. The van der Waals surface area contributed by atoms with Crippen LogP contribution >= 0.6 is 11.6 Å². The van der Waals surface area contributed by atoms with Crippen LogP contribution in [0.2, 0.25) is 5.02 Å². The quantitative estimate of drug-likeness (QED) is 0.175. The molecule has 0 saturated carbocycles. The third-order valence-corrected chi connectivity index (χ3v) is 6.95. The van der Waals surface area contributed by atoms with Crippen molar-refractivity contribution in [3.63, 3.8) is 0 Å². The number of pyridine rings is 1. The minimum Gasteiger partial charge on any atom is -0.480 e. The van der Waals surface area contributed by atoms with Crippen LogP contribution in [-0.2, 0) is 17.4 Å². The number of hydrogen-bond donors (Lipinski definition) is 2. The summed E-state index contributed by atoms with van der Waals surface area (Å²) < 4.78 is 57.4. The summed E-state index contributed by atoms with van der Waals surface area (Å²) in [7, 11) is 0. The van der Waals surface area contributed by atoms with E-state index in [0.717, 1.165) is 17.7 Å². The average molecular weight is 609 g/mol. The zero-order chi connectivity index (χ0) is 30.7. The van der Waals surface area contributed by atoms with E-state index in [1.54, 1.807) is 48.5 Å². The maximum Gasteiger partial charge on any atom is 0.416 e. The third kappa shape index (κ3) is 7.10. The standard InChI is InChI=1S/C32H21ClF4N2O4/c33-27-14-19(18-3-8-24(34)9-4-18)1-2-20(27)15-29(31(41)42)39-30(40)28-16-22-13-26(10-5-21(22)17-38-28)43-25-11-6-23(7-12-25)32(35,36)37/h1-14,16-17,29H,15H2,(H,39,40)(H,41,42)/t29-/m0/s1. The van der Waals surface area contributed by atoms with E-state index in [9.17, 15) is 32.3 Å². The number of carbonyl (C=O) groups is 2. The molecule has 5 aromatic rings. The summed E-state index contributed by atoms with van der Waals surface area (Å²) in [5, 5.41) is 13.7. The van der Waals surface area contributed by atoms with Crippen molar-refractivity contribution < 1.29 is 37.0 Å². The molecule has 1 aromatic heterocycles. The molecule has 0 aliphatic heterocycles. The fraction of sp³-hybridized carbons (Fsp3) is 0.0938. The maximum absolute atomic E-state index is 13.3. The van der Waals surface area contributed by atoms with Crippen molar-refractivity contribution >= 4 is 34.2 Å². The van der Waals surface area contributed by atoms with Crippen LogP contribution in [0.4, 0.5) is 17.6 Å². The van der Waals surface area contributed by atoms with Crippen LogP contribution in [0.5, 0.6) is 11.5 Å². The van der Waals surface area contributed by atoms with Gasteiger partial charge in [-0.2, -0.15) is 13.2 Å². The van der Waals surface area contributed by atoms with Crippen LogP contribution in [-0.4, -0.2) is 28.0 Å². The first kappa shape index (κ1) is 29.5. The Labute approximate surface area is 247 Å². The van der Waals surface area contributed by atoms with Crippen LogP contribution in [0.1, 0.15) is 21.6 Å². The second-order valence-electron chi connectivity index (χ2n) is 9.58. The minimum absolute atomic E-state index is 0.0526. The zero-order valence-electron chi connectivity index (χ0n) is 22.0. The Kier molecular flexibility index (Phi) is 8.31. The number of fused-ring (bicyclic) bond motifs is 1. The molecular weight excluding hydrogens is 588 g/mol. The highest BCUT2D eigenvalue weighted by Gasteiger charge is 2.30. The smallest absolute Gasteiger partial charge is 0.416 e. The molecule has 0 spiro atoms. The summed E-state index contributed by atoms with van der Waals surface area (Å²) in [5.41, 5.74) is 1.07. The van der Waals surface area contributed by atoms with E-state index in [2.05, 4.69) is 10.3 Å². The van der Waals surface area contributed by atoms with Gasteiger partial charge in [-0.05, 0) is 88.8 Å². The molecule has 2 N–H and O–H groups in total. The lowest BCUT2D eigenvalue weighted by Gasteiger charge is -2.16. The highest BCUT2D eigenvalue weighted by molar-refractivity contribution is 6.31. The number of halogens is 5. The number of amides is 1. The van der Waals surface area contributed by atoms with Crippen LogP contribution in [0, 0.1) is 5.82 Å². The van der Waals surface area contributed by atoms with Gasteiger partial charge in [0.2, 0.25) is 0 Å². The molecule has 0 unspecified atom stereocenters. The summed E-state index contributed by atoms with van der Waals surface area (Å²) >= 11 is 6.42. The fourth-order valence-electron chi connectivity index (χ4n) is 4.34. The van der Waals surface area contributed by atoms with Crippen molar-refractivity contribution in [1.82, 2.24) is 10.3 Å². The van der Waals surface area contributed by atoms with Crippen LogP contribution in [0.15, 0.2) is 97.2 Å². The van der Waals surface area contributed by atoms with E-state index in [0.29, 0.717) is 27.6 Å². The highest BCUT2D eigenvalue weighted by Crippen LogP contribution is 2.32. The number of carboxylic acids is 1. The van der Waals surface area contributed by atoms with Crippen molar-refractivity contribution in [3.8, 4) is 22.6 Å². The number of nitrogens with zero attached hydrogens (tertiary/aromatic N) is 1. The van der Waals surface area contributed by atoms with Gasteiger partial charge in [-0.15, -0.1) is 0 Å². The number of ether oxygens (including phenoxy) is 1. The predicted octanol–water partition coefficient (Wildman–Crippen LogP) is 7.93. The SMILES string of the molecule is O=C(N[C@@H](Cc1ccc(-c2ccc(F)cc2)cc1Cl)C(=O)O)c1cc2cc(Oc3ccc(C(F)(F)F)cc3)ccc2cn1. The van der Waals surface area contributed by atoms with Gasteiger partial charge in [0.1, 0.15) is 29.1 Å². The van der Waals surface area contributed by atoms with Gasteiger partial charge < -0.3 is 15.2 Å². The molecule has 1 heterocycles. The molecule has 6 nitrogen and oxygen atoms in total. The van der Waals surface area contributed by atoms with Crippen LogP contribution < -0.4 is 10.1 Å². The molecule has 0 radical (unpaired) electrons. The number of benzene rings is 4. The first-order valence-electron chi connectivity index (χ1n) is 12.8. The summed E-state index contributed by atoms with van der Waals surface area (Å²) in [6.45, 7) is 0. The number of carboxylic acid groups (broad SMARTS) is 1. The van der Waals surface area contributed by atoms with E-state index in [1.165, 1.54) is 36.5 Å². The first-order chi connectivity index (χ1) is 20.5.